The lowest BCUT2D eigenvalue weighted by Gasteiger charge is -2.21. The smallest absolute Gasteiger partial charge is 0.0717 e. The van der Waals surface area contributed by atoms with Gasteiger partial charge in [0.05, 0.1) is 13.2 Å². The van der Waals surface area contributed by atoms with Crippen LogP contribution in [0.5, 0.6) is 0 Å². The van der Waals surface area contributed by atoms with Gasteiger partial charge in [0.1, 0.15) is 0 Å². The summed E-state index contributed by atoms with van der Waals surface area (Å²) >= 11 is 0. The molecule has 1 aliphatic rings. The third-order valence-corrected chi connectivity index (χ3v) is 3.08. The van der Waals surface area contributed by atoms with Crippen molar-refractivity contribution >= 4 is 5.69 Å². The van der Waals surface area contributed by atoms with Gasteiger partial charge in [0.15, 0.2) is 0 Å². The summed E-state index contributed by atoms with van der Waals surface area (Å²) in [5.74, 6) is 0.814. The molecule has 1 aromatic heterocycles. The van der Waals surface area contributed by atoms with Gasteiger partial charge >= 0.3 is 0 Å². The highest BCUT2D eigenvalue weighted by molar-refractivity contribution is 5.51. The van der Waals surface area contributed by atoms with E-state index in [1.54, 1.807) is 12.4 Å². The fraction of sp³-hybridized carbons (Fsp3) is 0.615. The largest absolute Gasteiger partial charge is 0.392 e. The Bertz CT molecular complexity index is 353. The molecule has 2 rings (SSSR count). The second-order valence-electron chi connectivity index (χ2n) is 4.60. The zero-order valence-corrected chi connectivity index (χ0v) is 10.3. The van der Waals surface area contributed by atoms with Crippen molar-refractivity contribution in [2.45, 2.75) is 19.4 Å². The number of aliphatic hydroxyl groups excluding tert-OH is 1. The normalized spacial score (nSPS) is 14.9. The maximum absolute atomic E-state index is 9.22. The molecule has 1 saturated carbocycles. The van der Waals surface area contributed by atoms with E-state index >= 15 is 0 Å². The lowest BCUT2D eigenvalue weighted by molar-refractivity contribution is 0.131. The van der Waals surface area contributed by atoms with Gasteiger partial charge in [-0.25, -0.2) is 0 Å². The van der Waals surface area contributed by atoms with Gasteiger partial charge in [0.2, 0.25) is 0 Å². The Hall–Kier alpha value is -1.13. The van der Waals surface area contributed by atoms with Crippen molar-refractivity contribution in [1.82, 2.24) is 4.98 Å². The van der Waals surface area contributed by atoms with Gasteiger partial charge in [-0.3, -0.25) is 4.98 Å². The maximum atomic E-state index is 9.22. The summed E-state index contributed by atoms with van der Waals surface area (Å²) in [5.41, 5.74) is 1.88. The summed E-state index contributed by atoms with van der Waals surface area (Å²) < 4.78 is 5.60. The third-order valence-electron chi connectivity index (χ3n) is 3.08. The standard InChI is InChI=1S/C13H20N2O2/c1-15(6-7-17-10-11-2-3-11)13-4-5-14-8-12(13)9-16/h4-5,8,11,16H,2-3,6-7,9-10H2,1H3. The van der Waals surface area contributed by atoms with Gasteiger partial charge in [0.25, 0.3) is 0 Å². The van der Waals surface area contributed by atoms with E-state index in [4.69, 9.17) is 4.74 Å². The van der Waals surface area contributed by atoms with Crippen LogP contribution in [0.2, 0.25) is 0 Å². The van der Waals surface area contributed by atoms with Gasteiger partial charge in [-0.1, -0.05) is 0 Å². The van der Waals surface area contributed by atoms with Crippen LogP contribution in [0.1, 0.15) is 18.4 Å². The summed E-state index contributed by atoms with van der Waals surface area (Å²) in [7, 11) is 2.01. The molecule has 1 aliphatic carbocycles. The highest BCUT2D eigenvalue weighted by Gasteiger charge is 2.21. The van der Waals surface area contributed by atoms with E-state index in [1.807, 2.05) is 13.1 Å². The predicted molar refractivity (Wildman–Crippen MR) is 67.0 cm³/mol. The van der Waals surface area contributed by atoms with Crippen LogP contribution >= 0.6 is 0 Å². The number of aromatic nitrogens is 1. The topological polar surface area (TPSA) is 45.6 Å². The number of hydrogen-bond donors (Lipinski definition) is 1. The number of ether oxygens (including phenoxy) is 1. The number of rotatable bonds is 7. The number of anilines is 1. The number of hydrogen-bond acceptors (Lipinski definition) is 4. The summed E-state index contributed by atoms with van der Waals surface area (Å²) in [5, 5.41) is 9.22. The molecule has 0 saturated heterocycles. The second kappa shape index (κ2) is 5.98. The molecule has 0 spiro atoms. The summed E-state index contributed by atoms with van der Waals surface area (Å²) in [6.07, 6.45) is 6.11. The van der Waals surface area contributed by atoms with E-state index in [2.05, 4.69) is 9.88 Å². The molecule has 1 aromatic rings. The number of likely N-dealkylation sites (N-methyl/N-ethyl adjacent to an activating group) is 1. The molecule has 0 unspecified atom stereocenters. The van der Waals surface area contributed by atoms with E-state index in [0.29, 0.717) is 0 Å². The fourth-order valence-corrected chi connectivity index (χ4v) is 1.77. The highest BCUT2D eigenvalue weighted by atomic mass is 16.5. The van der Waals surface area contributed by atoms with E-state index in [1.165, 1.54) is 12.8 Å². The zero-order chi connectivity index (χ0) is 12.1. The second-order valence-corrected chi connectivity index (χ2v) is 4.60. The van der Waals surface area contributed by atoms with Gasteiger partial charge in [0, 0.05) is 43.8 Å². The summed E-state index contributed by atoms with van der Waals surface area (Å²) in [6, 6.07) is 1.92. The molecule has 0 aromatic carbocycles. The van der Waals surface area contributed by atoms with Crippen molar-refractivity contribution in [3.05, 3.63) is 24.0 Å². The third kappa shape index (κ3) is 3.68. The van der Waals surface area contributed by atoms with Crippen molar-refractivity contribution in [2.75, 3.05) is 31.7 Å². The van der Waals surface area contributed by atoms with Crippen LogP contribution in [0, 0.1) is 5.92 Å². The Morgan fingerprint density at radius 1 is 1.53 bits per heavy atom. The number of nitrogens with zero attached hydrogens (tertiary/aromatic N) is 2. The van der Waals surface area contributed by atoms with Crippen molar-refractivity contribution in [3.63, 3.8) is 0 Å². The lowest BCUT2D eigenvalue weighted by Crippen LogP contribution is -2.24. The molecule has 4 nitrogen and oxygen atoms in total. The Morgan fingerprint density at radius 3 is 3.06 bits per heavy atom. The molecule has 0 atom stereocenters. The molecule has 4 heteroatoms. The quantitative estimate of drug-likeness (QED) is 0.728. The Labute approximate surface area is 102 Å². The van der Waals surface area contributed by atoms with Crippen molar-refractivity contribution in [2.24, 2.45) is 5.92 Å². The molecule has 0 bridgehead atoms. The lowest BCUT2D eigenvalue weighted by atomic mass is 10.2. The van der Waals surface area contributed by atoms with Crippen molar-refractivity contribution < 1.29 is 9.84 Å². The Balaban J connectivity index is 1.78. The monoisotopic (exact) mass is 236 g/mol. The first-order valence-electron chi connectivity index (χ1n) is 6.14. The first-order valence-corrected chi connectivity index (χ1v) is 6.14. The van der Waals surface area contributed by atoms with Crippen LogP contribution in [0.3, 0.4) is 0 Å². The van der Waals surface area contributed by atoms with Crippen LogP contribution < -0.4 is 4.90 Å². The summed E-state index contributed by atoms with van der Waals surface area (Å²) in [6.45, 7) is 2.50. The predicted octanol–water partition coefficient (Wildman–Crippen LogP) is 1.44. The van der Waals surface area contributed by atoms with E-state index < -0.39 is 0 Å². The highest BCUT2D eigenvalue weighted by Crippen LogP contribution is 2.28. The maximum Gasteiger partial charge on any atom is 0.0717 e. The Kier molecular flexibility index (Phi) is 4.34. The van der Waals surface area contributed by atoms with Gasteiger partial charge in [-0.05, 0) is 24.8 Å². The van der Waals surface area contributed by atoms with Crippen LogP contribution in [0.15, 0.2) is 18.5 Å². The molecule has 1 heterocycles. The molecule has 0 radical (unpaired) electrons. The van der Waals surface area contributed by atoms with Crippen molar-refractivity contribution in [3.8, 4) is 0 Å². The van der Waals surface area contributed by atoms with Crippen LogP contribution in [0.25, 0.3) is 0 Å². The average Bonchev–Trinajstić information content (AvgIpc) is 3.18. The van der Waals surface area contributed by atoms with E-state index in [-0.39, 0.29) is 6.61 Å². The van der Waals surface area contributed by atoms with E-state index in [0.717, 1.165) is 36.9 Å². The molecule has 17 heavy (non-hydrogen) atoms. The average molecular weight is 236 g/mol. The molecular formula is C13H20N2O2. The van der Waals surface area contributed by atoms with Gasteiger partial charge < -0.3 is 14.7 Å². The zero-order valence-electron chi connectivity index (χ0n) is 10.3. The minimum absolute atomic E-state index is 0.0243. The van der Waals surface area contributed by atoms with E-state index in [9.17, 15) is 5.11 Å². The van der Waals surface area contributed by atoms with Gasteiger partial charge in [-0.15, -0.1) is 0 Å². The molecule has 1 fully saturated rings. The summed E-state index contributed by atoms with van der Waals surface area (Å²) in [4.78, 5) is 6.11. The molecule has 0 aliphatic heterocycles. The fourth-order valence-electron chi connectivity index (χ4n) is 1.77. The minimum atomic E-state index is 0.0243. The number of pyridine rings is 1. The van der Waals surface area contributed by atoms with Gasteiger partial charge in [-0.2, -0.15) is 0 Å². The van der Waals surface area contributed by atoms with Crippen LogP contribution in [-0.4, -0.2) is 36.9 Å². The molecule has 1 N–H and O–H groups in total. The molecule has 0 amide bonds. The first kappa shape index (κ1) is 12.3. The van der Waals surface area contributed by atoms with Crippen LogP contribution in [0.4, 0.5) is 5.69 Å². The minimum Gasteiger partial charge on any atom is -0.392 e. The molecular weight excluding hydrogens is 216 g/mol. The van der Waals surface area contributed by atoms with Crippen LogP contribution in [-0.2, 0) is 11.3 Å². The molecule has 94 valence electrons. The SMILES string of the molecule is CN(CCOCC1CC1)c1ccncc1CO. The number of aliphatic hydroxyl groups is 1. The Morgan fingerprint density at radius 2 is 2.35 bits per heavy atom. The van der Waals surface area contributed by atoms with Crippen molar-refractivity contribution in [1.29, 1.82) is 0 Å². The first-order chi connectivity index (χ1) is 8.31.